The molecule has 0 saturated carbocycles. The summed E-state index contributed by atoms with van der Waals surface area (Å²) in [4.78, 5) is 16.9. The summed E-state index contributed by atoms with van der Waals surface area (Å²) in [5.41, 5.74) is 3.85. The zero-order valence-electron chi connectivity index (χ0n) is 15.8. The third kappa shape index (κ3) is 3.40. The lowest BCUT2D eigenvalue weighted by atomic mass is 10.1. The Morgan fingerprint density at radius 1 is 1.19 bits per heavy atom. The topological polar surface area (TPSA) is 80.5 Å². The van der Waals surface area contributed by atoms with Crippen molar-refractivity contribution >= 4 is 5.91 Å². The predicted molar refractivity (Wildman–Crippen MR) is 98.1 cm³/mol. The van der Waals surface area contributed by atoms with E-state index >= 15 is 0 Å². The molecule has 27 heavy (non-hydrogen) atoms. The van der Waals surface area contributed by atoms with E-state index in [-0.39, 0.29) is 5.91 Å². The van der Waals surface area contributed by atoms with Gasteiger partial charge >= 0.3 is 0 Å². The number of aromatic nitrogens is 3. The van der Waals surface area contributed by atoms with Gasteiger partial charge in [-0.25, -0.2) is 0 Å². The molecule has 1 saturated heterocycles. The third-order valence-corrected chi connectivity index (χ3v) is 5.19. The van der Waals surface area contributed by atoms with Crippen LogP contribution in [0, 0.1) is 13.8 Å². The molecule has 1 aliphatic heterocycles. The monoisotopic (exact) mass is 369 g/mol. The van der Waals surface area contributed by atoms with Crippen molar-refractivity contribution in [3.63, 3.8) is 0 Å². The van der Waals surface area contributed by atoms with Crippen LogP contribution in [0.5, 0.6) is 0 Å². The minimum absolute atomic E-state index is 0.107. The highest BCUT2D eigenvalue weighted by molar-refractivity contribution is 5.93. The minimum atomic E-state index is -0.107. The Morgan fingerprint density at radius 2 is 1.96 bits per heavy atom. The quantitative estimate of drug-likeness (QED) is 0.702. The van der Waals surface area contributed by atoms with Gasteiger partial charge in [-0.05, 0) is 26.0 Å². The number of aryl methyl sites for hydroxylation is 2. The molecule has 0 bridgehead atoms. The van der Waals surface area contributed by atoms with Crippen LogP contribution >= 0.6 is 0 Å². The van der Waals surface area contributed by atoms with Crippen LogP contribution < -0.4 is 0 Å². The molecule has 0 aromatic carbocycles. The first kappa shape index (κ1) is 17.5. The van der Waals surface area contributed by atoms with Crippen molar-refractivity contribution in [2.45, 2.75) is 20.4 Å². The maximum Gasteiger partial charge on any atom is 0.276 e. The molecule has 1 aliphatic rings. The van der Waals surface area contributed by atoms with Gasteiger partial charge < -0.3 is 13.8 Å². The highest BCUT2D eigenvalue weighted by Gasteiger charge is 2.26. The highest BCUT2D eigenvalue weighted by Crippen LogP contribution is 2.22. The number of piperazine rings is 1. The Hall–Kier alpha value is -2.87. The molecule has 0 radical (unpaired) electrons. The van der Waals surface area contributed by atoms with Gasteiger partial charge in [0.25, 0.3) is 5.91 Å². The molecule has 142 valence electrons. The second-order valence-corrected chi connectivity index (χ2v) is 6.90. The van der Waals surface area contributed by atoms with E-state index in [4.69, 9.17) is 8.94 Å². The molecular weight excluding hydrogens is 346 g/mol. The van der Waals surface area contributed by atoms with Crippen molar-refractivity contribution < 1.29 is 13.7 Å². The van der Waals surface area contributed by atoms with Gasteiger partial charge in [0.2, 0.25) is 5.76 Å². The number of carbonyl (C=O) groups is 1. The Balaban J connectivity index is 1.37. The Kier molecular flexibility index (Phi) is 4.57. The zero-order valence-corrected chi connectivity index (χ0v) is 15.8. The van der Waals surface area contributed by atoms with E-state index < -0.39 is 0 Å². The molecule has 0 spiro atoms. The molecule has 0 atom stereocenters. The second-order valence-electron chi connectivity index (χ2n) is 6.90. The summed E-state index contributed by atoms with van der Waals surface area (Å²) in [7, 11) is 1.97. The first-order chi connectivity index (χ1) is 13.0. The number of hydrogen-bond acceptors (Lipinski definition) is 6. The molecule has 1 fully saturated rings. The van der Waals surface area contributed by atoms with Gasteiger partial charge in [-0.3, -0.25) is 14.4 Å². The van der Waals surface area contributed by atoms with Gasteiger partial charge in [0.05, 0.1) is 12.0 Å². The van der Waals surface area contributed by atoms with Crippen molar-refractivity contribution in [1.29, 1.82) is 0 Å². The average molecular weight is 369 g/mol. The second kappa shape index (κ2) is 7.03. The molecule has 0 aliphatic carbocycles. The molecule has 3 aromatic heterocycles. The van der Waals surface area contributed by atoms with Crippen LogP contribution in [-0.4, -0.2) is 56.8 Å². The fourth-order valence-electron chi connectivity index (χ4n) is 3.45. The summed E-state index contributed by atoms with van der Waals surface area (Å²) < 4.78 is 12.4. The van der Waals surface area contributed by atoms with E-state index in [9.17, 15) is 4.79 Å². The normalized spacial score (nSPS) is 15.4. The van der Waals surface area contributed by atoms with Crippen LogP contribution in [-0.2, 0) is 13.6 Å². The number of hydrogen-bond donors (Lipinski definition) is 0. The summed E-state index contributed by atoms with van der Waals surface area (Å²) in [6, 6.07) is 5.18. The van der Waals surface area contributed by atoms with Crippen LogP contribution in [0.4, 0.5) is 0 Å². The van der Waals surface area contributed by atoms with E-state index in [0.29, 0.717) is 30.3 Å². The summed E-state index contributed by atoms with van der Waals surface area (Å²) in [6.45, 7) is 7.98. The maximum absolute atomic E-state index is 12.7. The average Bonchev–Trinajstić information content (AvgIpc) is 3.40. The lowest BCUT2D eigenvalue weighted by Crippen LogP contribution is -2.48. The first-order valence-corrected chi connectivity index (χ1v) is 9.04. The molecule has 8 heteroatoms. The van der Waals surface area contributed by atoms with Gasteiger partial charge in [0.15, 0.2) is 11.5 Å². The molecule has 8 nitrogen and oxygen atoms in total. The smallest absolute Gasteiger partial charge is 0.276 e. The molecule has 4 rings (SSSR count). The SMILES string of the molecule is Cc1nn(C)c(C)c1CN1CCN(C(=O)c2cc(-c3ccco3)on2)CC1. The third-order valence-electron chi connectivity index (χ3n) is 5.19. The molecular formula is C19H23N5O3. The van der Waals surface area contributed by atoms with Crippen LogP contribution in [0.15, 0.2) is 33.4 Å². The van der Waals surface area contributed by atoms with Crippen molar-refractivity contribution in [3.8, 4) is 11.5 Å². The lowest BCUT2D eigenvalue weighted by Gasteiger charge is -2.34. The van der Waals surface area contributed by atoms with Crippen LogP contribution in [0.1, 0.15) is 27.4 Å². The van der Waals surface area contributed by atoms with E-state index in [1.54, 1.807) is 24.5 Å². The Bertz CT molecular complexity index is 933. The van der Waals surface area contributed by atoms with Gasteiger partial charge in [-0.15, -0.1) is 0 Å². The first-order valence-electron chi connectivity index (χ1n) is 9.04. The van der Waals surface area contributed by atoms with Crippen LogP contribution in [0.2, 0.25) is 0 Å². The summed E-state index contributed by atoms with van der Waals surface area (Å²) in [5.74, 6) is 0.919. The van der Waals surface area contributed by atoms with Crippen molar-refractivity contribution in [2.75, 3.05) is 26.2 Å². The summed E-state index contributed by atoms with van der Waals surface area (Å²) >= 11 is 0. The largest absolute Gasteiger partial charge is 0.461 e. The minimum Gasteiger partial charge on any atom is -0.461 e. The van der Waals surface area contributed by atoms with E-state index in [0.717, 1.165) is 25.3 Å². The summed E-state index contributed by atoms with van der Waals surface area (Å²) in [6.07, 6.45) is 1.56. The number of rotatable bonds is 4. The standard InChI is InChI=1S/C19H23N5O3/c1-13-15(14(2)22(3)20-13)12-23-6-8-24(9-7-23)19(25)16-11-18(27-21-16)17-5-4-10-26-17/h4-5,10-11H,6-9,12H2,1-3H3. The van der Waals surface area contributed by atoms with E-state index in [1.165, 1.54) is 11.3 Å². The van der Waals surface area contributed by atoms with Gasteiger partial charge in [0, 0.05) is 57.1 Å². The van der Waals surface area contributed by atoms with Crippen molar-refractivity contribution in [2.24, 2.45) is 7.05 Å². The molecule has 0 unspecified atom stereocenters. The Labute approximate surface area is 157 Å². The fraction of sp³-hybridized carbons (Fsp3) is 0.421. The number of nitrogens with zero attached hydrogens (tertiary/aromatic N) is 5. The predicted octanol–water partition coefficient (Wildman–Crippen LogP) is 2.24. The fourth-order valence-corrected chi connectivity index (χ4v) is 3.45. The maximum atomic E-state index is 12.7. The van der Waals surface area contributed by atoms with E-state index in [1.807, 2.05) is 23.6 Å². The number of carbonyl (C=O) groups excluding carboxylic acids is 1. The number of amides is 1. The van der Waals surface area contributed by atoms with Crippen molar-refractivity contribution in [1.82, 2.24) is 24.7 Å². The molecule has 1 amide bonds. The van der Waals surface area contributed by atoms with Gasteiger partial charge in [-0.2, -0.15) is 5.10 Å². The highest BCUT2D eigenvalue weighted by atomic mass is 16.5. The lowest BCUT2D eigenvalue weighted by molar-refractivity contribution is 0.0618. The molecule has 0 N–H and O–H groups in total. The molecule has 4 heterocycles. The van der Waals surface area contributed by atoms with Gasteiger partial charge in [0.1, 0.15) is 0 Å². The van der Waals surface area contributed by atoms with Crippen molar-refractivity contribution in [3.05, 3.63) is 47.1 Å². The van der Waals surface area contributed by atoms with Gasteiger partial charge in [-0.1, -0.05) is 5.16 Å². The van der Waals surface area contributed by atoms with E-state index in [2.05, 4.69) is 22.1 Å². The summed E-state index contributed by atoms with van der Waals surface area (Å²) in [5, 5.41) is 8.39. The molecule has 3 aromatic rings. The van der Waals surface area contributed by atoms with Crippen LogP contribution in [0.25, 0.3) is 11.5 Å². The zero-order chi connectivity index (χ0) is 19.0. The number of furan rings is 1. The van der Waals surface area contributed by atoms with Crippen LogP contribution in [0.3, 0.4) is 0 Å². The Morgan fingerprint density at radius 3 is 2.59 bits per heavy atom.